The van der Waals surface area contributed by atoms with E-state index in [0.29, 0.717) is 152 Å². The lowest BCUT2D eigenvalue weighted by atomic mass is 10.6. The Morgan fingerprint density at radius 2 is 0.421 bits per heavy atom. The Hall–Kier alpha value is 0.0000000000000000555. The minimum absolute atomic E-state index is 0.519. The van der Waals surface area contributed by atoms with E-state index in [1.165, 1.54) is 0 Å². The second-order valence-electron chi connectivity index (χ2n) is 7.42. The average molecular weight is 624 g/mol. The Labute approximate surface area is 237 Å². The molecule has 0 aromatic rings. The zero-order valence-electron chi connectivity index (χ0n) is 23.2. The molecule has 0 atom stereocenters. The highest BCUT2D eigenvalue weighted by atomic mass is 79.9. The summed E-state index contributed by atoms with van der Waals surface area (Å²) >= 11 is 3.30. The highest BCUT2D eigenvalue weighted by Crippen LogP contribution is 1.87. The lowest BCUT2D eigenvalue weighted by molar-refractivity contribution is -0.0279. The summed E-state index contributed by atoms with van der Waals surface area (Å²) in [6.07, 6.45) is 0. The van der Waals surface area contributed by atoms with E-state index in [-0.39, 0.29) is 0 Å². The predicted molar refractivity (Wildman–Crippen MR) is 145 cm³/mol. The molecule has 0 aromatic carbocycles. The molecule has 0 aromatic heterocycles. The van der Waals surface area contributed by atoms with Crippen LogP contribution in [0.5, 0.6) is 0 Å². The van der Waals surface area contributed by atoms with E-state index in [1.54, 1.807) is 7.11 Å². The molecule has 13 heteroatoms. The van der Waals surface area contributed by atoms with E-state index < -0.39 is 0 Å². The van der Waals surface area contributed by atoms with Gasteiger partial charge in [-0.3, -0.25) is 0 Å². The van der Waals surface area contributed by atoms with Gasteiger partial charge in [0, 0.05) is 12.4 Å². The fourth-order valence-electron chi connectivity index (χ4n) is 2.50. The van der Waals surface area contributed by atoms with Crippen LogP contribution in [0, 0.1) is 0 Å². The second kappa shape index (κ2) is 37.0. The SMILES string of the molecule is COCCOCCOCCOCCOCCOCCOCCOCCOCCOCCOCCOCCBr. The van der Waals surface area contributed by atoms with Crippen LogP contribution in [0.25, 0.3) is 0 Å². The third-order valence-corrected chi connectivity index (χ3v) is 4.70. The van der Waals surface area contributed by atoms with Gasteiger partial charge in [-0.2, -0.15) is 0 Å². The summed E-state index contributed by atoms with van der Waals surface area (Å²) in [4.78, 5) is 0. The number of methoxy groups -OCH3 is 1. The summed E-state index contributed by atoms with van der Waals surface area (Å²) in [6.45, 7) is 12.6. The van der Waals surface area contributed by atoms with Crippen LogP contribution in [-0.2, 0) is 56.8 Å². The van der Waals surface area contributed by atoms with Crippen molar-refractivity contribution in [2.24, 2.45) is 0 Å². The number of alkyl halides is 1. The first-order chi connectivity index (χ1) is 18.9. The van der Waals surface area contributed by atoms with E-state index in [2.05, 4.69) is 15.9 Å². The Kier molecular flexibility index (Phi) is 37.0. The highest BCUT2D eigenvalue weighted by molar-refractivity contribution is 9.09. The minimum atomic E-state index is 0.519. The molecule has 230 valence electrons. The molecule has 0 aliphatic heterocycles. The maximum Gasteiger partial charge on any atom is 0.0701 e. The Balaban J connectivity index is 3.01. The van der Waals surface area contributed by atoms with Crippen LogP contribution in [-0.4, -0.2) is 164 Å². The number of halogens is 1. The molecule has 0 spiro atoms. The normalized spacial score (nSPS) is 11.5. The van der Waals surface area contributed by atoms with Gasteiger partial charge in [-0.15, -0.1) is 0 Å². The van der Waals surface area contributed by atoms with Crippen molar-refractivity contribution < 1.29 is 56.8 Å². The van der Waals surface area contributed by atoms with Gasteiger partial charge in [-0.1, -0.05) is 15.9 Å². The fourth-order valence-corrected chi connectivity index (χ4v) is 2.73. The van der Waals surface area contributed by atoms with Gasteiger partial charge in [0.1, 0.15) is 0 Å². The average Bonchev–Trinajstić information content (AvgIpc) is 2.93. The second-order valence-corrected chi connectivity index (χ2v) is 8.21. The van der Waals surface area contributed by atoms with Crippen LogP contribution in [0.2, 0.25) is 0 Å². The quantitative estimate of drug-likeness (QED) is 0.0748. The molecule has 0 aliphatic rings. The van der Waals surface area contributed by atoms with E-state index in [4.69, 9.17) is 56.8 Å². The van der Waals surface area contributed by atoms with Crippen molar-refractivity contribution in [2.45, 2.75) is 0 Å². The van der Waals surface area contributed by atoms with Gasteiger partial charge in [0.2, 0.25) is 0 Å². The van der Waals surface area contributed by atoms with Gasteiger partial charge in [-0.05, 0) is 0 Å². The van der Waals surface area contributed by atoms with Gasteiger partial charge in [0.15, 0.2) is 0 Å². The molecule has 38 heavy (non-hydrogen) atoms. The molecule has 0 heterocycles. The van der Waals surface area contributed by atoms with Crippen molar-refractivity contribution in [3.63, 3.8) is 0 Å². The van der Waals surface area contributed by atoms with Crippen LogP contribution in [0.3, 0.4) is 0 Å². The van der Waals surface area contributed by atoms with Crippen LogP contribution < -0.4 is 0 Å². The summed E-state index contributed by atoms with van der Waals surface area (Å²) in [5.41, 5.74) is 0. The number of ether oxygens (including phenoxy) is 12. The topological polar surface area (TPSA) is 111 Å². The van der Waals surface area contributed by atoms with Crippen molar-refractivity contribution in [1.29, 1.82) is 0 Å². The Bertz CT molecular complexity index is 377. The van der Waals surface area contributed by atoms with Crippen LogP contribution in [0.1, 0.15) is 0 Å². The molecule has 0 rings (SSSR count). The summed E-state index contributed by atoms with van der Waals surface area (Å²) in [5.74, 6) is 0. The molecule has 0 saturated carbocycles. The molecular weight excluding hydrogens is 572 g/mol. The summed E-state index contributed by atoms with van der Waals surface area (Å²) in [7, 11) is 1.65. The molecule has 0 bridgehead atoms. The van der Waals surface area contributed by atoms with E-state index in [1.807, 2.05) is 0 Å². The smallest absolute Gasteiger partial charge is 0.0701 e. The van der Waals surface area contributed by atoms with Crippen molar-refractivity contribution in [3.05, 3.63) is 0 Å². The first-order valence-corrected chi connectivity index (χ1v) is 14.4. The third kappa shape index (κ3) is 36.0. The minimum Gasteiger partial charge on any atom is -0.382 e. The fraction of sp³-hybridized carbons (Fsp3) is 1.00. The molecule has 0 aliphatic carbocycles. The standard InChI is InChI=1S/C25H51BrO12/c1-27-4-5-29-8-9-31-12-13-33-16-17-35-20-21-37-24-25-38-23-22-36-19-18-34-15-14-32-11-10-30-7-6-28-3-2-26/h2-25H2,1H3. The largest absolute Gasteiger partial charge is 0.382 e. The summed E-state index contributed by atoms with van der Waals surface area (Å²) in [6, 6.07) is 0. The number of hydrogen-bond acceptors (Lipinski definition) is 12. The molecule has 0 radical (unpaired) electrons. The first-order valence-electron chi connectivity index (χ1n) is 13.3. The van der Waals surface area contributed by atoms with Crippen molar-refractivity contribution >= 4 is 15.9 Å². The summed E-state index contributed by atoms with van der Waals surface area (Å²) in [5, 5.41) is 0.839. The highest BCUT2D eigenvalue weighted by Gasteiger charge is 1.96. The Morgan fingerprint density at radius 3 is 0.579 bits per heavy atom. The lowest BCUT2D eigenvalue weighted by Gasteiger charge is -2.09. The van der Waals surface area contributed by atoms with E-state index >= 15 is 0 Å². The van der Waals surface area contributed by atoms with Gasteiger partial charge < -0.3 is 56.8 Å². The zero-order valence-corrected chi connectivity index (χ0v) is 24.8. The zero-order chi connectivity index (χ0) is 27.5. The Morgan fingerprint density at radius 1 is 0.263 bits per heavy atom. The maximum absolute atomic E-state index is 5.46. The predicted octanol–water partition coefficient (Wildman–Crippen LogP) is 1.21. The summed E-state index contributed by atoms with van der Waals surface area (Å²) < 4.78 is 64.3. The third-order valence-electron chi connectivity index (χ3n) is 4.37. The van der Waals surface area contributed by atoms with Crippen LogP contribution in [0.4, 0.5) is 0 Å². The number of hydrogen-bond donors (Lipinski definition) is 0. The van der Waals surface area contributed by atoms with Crippen LogP contribution >= 0.6 is 15.9 Å². The monoisotopic (exact) mass is 622 g/mol. The molecular formula is C25H51BrO12. The van der Waals surface area contributed by atoms with Gasteiger partial charge in [0.25, 0.3) is 0 Å². The van der Waals surface area contributed by atoms with Crippen LogP contribution in [0.15, 0.2) is 0 Å². The van der Waals surface area contributed by atoms with E-state index in [9.17, 15) is 0 Å². The van der Waals surface area contributed by atoms with E-state index in [0.717, 1.165) is 5.33 Å². The molecule has 0 saturated heterocycles. The van der Waals surface area contributed by atoms with Gasteiger partial charge in [0.05, 0.1) is 152 Å². The van der Waals surface area contributed by atoms with Gasteiger partial charge in [-0.25, -0.2) is 0 Å². The molecule has 0 N–H and O–H groups in total. The van der Waals surface area contributed by atoms with Gasteiger partial charge >= 0.3 is 0 Å². The molecule has 12 nitrogen and oxygen atoms in total. The number of rotatable bonds is 35. The molecule has 0 unspecified atom stereocenters. The maximum atomic E-state index is 5.46. The van der Waals surface area contributed by atoms with Crippen molar-refractivity contribution in [1.82, 2.24) is 0 Å². The molecule has 0 amide bonds. The lowest BCUT2D eigenvalue weighted by Crippen LogP contribution is -2.15. The van der Waals surface area contributed by atoms with Crippen molar-refractivity contribution in [3.8, 4) is 0 Å². The van der Waals surface area contributed by atoms with Crippen molar-refractivity contribution in [2.75, 3.05) is 164 Å². The molecule has 0 fully saturated rings. The first kappa shape index (κ1) is 38.0.